The van der Waals surface area contributed by atoms with Crippen LogP contribution in [0.5, 0.6) is 11.5 Å². The maximum atomic E-state index is 11.8. The quantitative estimate of drug-likeness (QED) is 0.708. The normalized spacial score (nSPS) is 12.3. The van der Waals surface area contributed by atoms with Crippen LogP contribution in [0.2, 0.25) is 0 Å². The highest BCUT2D eigenvalue weighted by Gasteiger charge is 2.20. The molecule has 5 heteroatoms. The van der Waals surface area contributed by atoms with Gasteiger partial charge in [-0.2, -0.15) is 0 Å². The average Bonchev–Trinajstić information content (AvgIpc) is 2.50. The van der Waals surface area contributed by atoms with E-state index < -0.39 is 0 Å². The zero-order valence-corrected chi connectivity index (χ0v) is 15.0. The largest absolute Gasteiger partial charge is 0.493 e. The van der Waals surface area contributed by atoms with Crippen LogP contribution < -0.4 is 14.8 Å². The molecule has 0 aliphatic rings. The lowest BCUT2D eigenvalue weighted by Gasteiger charge is -2.19. The smallest absolute Gasteiger partial charge is 0.322 e. The van der Waals surface area contributed by atoms with Crippen LogP contribution in [0.1, 0.15) is 39.7 Å². The molecule has 1 unspecified atom stereocenters. The van der Waals surface area contributed by atoms with Crippen LogP contribution in [0.25, 0.3) is 0 Å². The second-order valence-electron chi connectivity index (χ2n) is 6.24. The Labute approximate surface area is 139 Å². The second kappa shape index (κ2) is 9.40. The van der Waals surface area contributed by atoms with Crippen molar-refractivity contribution >= 4 is 5.97 Å². The summed E-state index contributed by atoms with van der Waals surface area (Å²) in [6.07, 6.45) is 0.820. The Morgan fingerprint density at radius 1 is 1.13 bits per heavy atom. The monoisotopic (exact) mass is 323 g/mol. The zero-order chi connectivity index (χ0) is 17.4. The highest BCUT2D eigenvalue weighted by Crippen LogP contribution is 2.29. The molecule has 130 valence electrons. The fourth-order valence-electron chi connectivity index (χ4n) is 2.29. The van der Waals surface area contributed by atoms with E-state index in [2.05, 4.69) is 19.2 Å². The molecule has 0 aromatic heterocycles. The molecule has 0 radical (unpaired) electrons. The summed E-state index contributed by atoms with van der Waals surface area (Å²) in [4.78, 5) is 11.8. The molecule has 0 saturated heterocycles. The molecular weight excluding hydrogens is 294 g/mol. The van der Waals surface area contributed by atoms with Gasteiger partial charge in [0.25, 0.3) is 0 Å². The molecule has 0 fully saturated rings. The number of hydrogen-bond donors (Lipinski definition) is 1. The summed E-state index contributed by atoms with van der Waals surface area (Å²) >= 11 is 0. The zero-order valence-electron chi connectivity index (χ0n) is 15.0. The Bertz CT molecular complexity index is 500. The summed E-state index contributed by atoms with van der Waals surface area (Å²) in [6, 6.07) is 5.48. The summed E-state index contributed by atoms with van der Waals surface area (Å²) in [5, 5.41) is 3.26. The van der Waals surface area contributed by atoms with Crippen molar-refractivity contribution in [3.8, 4) is 11.5 Å². The van der Waals surface area contributed by atoms with E-state index in [1.807, 2.05) is 32.0 Å². The van der Waals surface area contributed by atoms with Crippen LogP contribution in [0, 0.1) is 5.92 Å². The Kier molecular flexibility index (Phi) is 7.89. The number of nitrogens with one attached hydrogen (secondary N) is 1. The molecule has 1 rings (SSSR count). The minimum absolute atomic E-state index is 0.0858. The molecule has 1 atom stereocenters. The Morgan fingerprint density at radius 2 is 1.83 bits per heavy atom. The van der Waals surface area contributed by atoms with E-state index in [0.717, 1.165) is 17.7 Å². The number of carbonyl (C=O) groups is 1. The van der Waals surface area contributed by atoms with E-state index in [0.29, 0.717) is 18.2 Å². The van der Waals surface area contributed by atoms with Gasteiger partial charge in [-0.1, -0.05) is 19.9 Å². The predicted octanol–water partition coefficient (Wildman–Crippen LogP) is 3.16. The number of rotatable bonds is 9. The van der Waals surface area contributed by atoms with Gasteiger partial charge in [-0.3, -0.25) is 4.79 Å². The first kappa shape index (κ1) is 19.3. The van der Waals surface area contributed by atoms with E-state index in [-0.39, 0.29) is 18.1 Å². The van der Waals surface area contributed by atoms with Crippen LogP contribution in [0.15, 0.2) is 18.2 Å². The minimum Gasteiger partial charge on any atom is -0.493 e. The van der Waals surface area contributed by atoms with Crippen molar-refractivity contribution in [2.45, 2.75) is 52.8 Å². The molecule has 0 spiro atoms. The van der Waals surface area contributed by atoms with Gasteiger partial charge in [0.05, 0.1) is 20.3 Å². The summed E-state index contributed by atoms with van der Waals surface area (Å²) in [5.74, 6) is 1.59. The van der Waals surface area contributed by atoms with E-state index in [9.17, 15) is 4.79 Å². The van der Waals surface area contributed by atoms with Gasteiger partial charge in [-0.25, -0.2) is 0 Å². The first-order valence-electron chi connectivity index (χ1n) is 8.02. The molecule has 1 aromatic rings. The second-order valence-corrected chi connectivity index (χ2v) is 6.24. The van der Waals surface area contributed by atoms with Gasteiger partial charge in [0, 0.05) is 6.54 Å². The van der Waals surface area contributed by atoms with Gasteiger partial charge in [0.2, 0.25) is 0 Å². The SMILES string of the molecule is COC(=O)C(CC(C)C)NCc1ccc(OC(C)C)c(OC)c1. The lowest BCUT2D eigenvalue weighted by atomic mass is 10.0. The maximum Gasteiger partial charge on any atom is 0.322 e. The number of benzene rings is 1. The third-order valence-electron chi connectivity index (χ3n) is 3.34. The fourth-order valence-corrected chi connectivity index (χ4v) is 2.29. The number of hydrogen-bond acceptors (Lipinski definition) is 5. The molecule has 0 amide bonds. The lowest BCUT2D eigenvalue weighted by molar-refractivity contribution is -0.143. The molecule has 5 nitrogen and oxygen atoms in total. The highest BCUT2D eigenvalue weighted by molar-refractivity contribution is 5.75. The van der Waals surface area contributed by atoms with Gasteiger partial charge in [-0.15, -0.1) is 0 Å². The molecule has 0 aliphatic carbocycles. The van der Waals surface area contributed by atoms with Crippen molar-refractivity contribution in [3.63, 3.8) is 0 Å². The summed E-state index contributed by atoms with van der Waals surface area (Å²) in [5.41, 5.74) is 1.02. The molecular formula is C18H29NO4. The Morgan fingerprint density at radius 3 is 2.35 bits per heavy atom. The van der Waals surface area contributed by atoms with E-state index in [4.69, 9.17) is 14.2 Å². The van der Waals surface area contributed by atoms with Crippen molar-refractivity contribution in [1.29, 1.82) is 0 Å². The van der Waals surface area contributed by atoms with Crippen LogP contribution in [0.3, 0.4) is 0 Å². The molecule has 0 saturated carbocycles. The van der Waals surface area contributed by atoms with Crippen molar-refractivity contribution < 1.29 is 19.0 Å². The summed E-state index contributed by atoms with van der Waals surface area (Å²) in [6.45, 7) is 8.67. The Balaban J connectivity index is 2.77. The number of esters is 1. The van der Waals surface area contributed by atoms with Crippen molar-refractivity contribution in [2.75, 3.05) is 14.2 Å². The van der Waals surface area contributed by atoms with Gasteiger partial charge < -0.3 is 19.5 Å². The minimum atomic E-state index is -0.308. The van der Waals surface area contributed by atoms with Gasteiger partial charge in [0.1, 0.15) is 6.04 Å². The molecule has 1 aromatic carbocycles. The highest BCUT2D eigenvalue weighted by atomic mass is 16.5. The van der Waals surface area contributed by atoms with Crippen LogP contribution in [-0.4, -0.2) is 32.3 Å². The molecule has 0 bridgehead atoms. The van der Waals surface area contributed by atoms with E-state index >= 15 is 0 Å². The summed E-state index contributed by atoms with van der Waals surface area (Å²) < 4.78 is 16.0. The number of carbonyl (C=O) groups excluding carboxylic acids is 1. The number of methoxy groups -OCH3 is 2. The van der Waals surface area contributed by atoms with Crippen molar-refractivity contribution in [1.82, 2.24) is 5.32 Å². The Hall–Kier alpha value is -1.75. The average molecular weight is 323 g/mol. The van der Waals surface area contributed by atoms with Gasteiger partial charge in [-0.05, 0) is 43.9 Å². The molecule has 23 heavy (non-hydrogen) atoms. The fraction of sp³-hybridized carbons (Fsp3) is 0.611. The van der Waals surface area contributed by atoms with E-state index in [1.54, 1.807) is 7.11 Å². The van der Waals surface area contributed by atoms with Gasteiger partial charge in [0.15, 0.2) is 11.5 Å². The molecule has 1 N–H and O–H groups in total. The standard InChI is InChI=1S/C18H29NO4/c1-12(2)9-15(18(20)22-6)19-11-14-7-8-16(23-13(3)4)17(10-14)21-5/h7-8,10,12-13,15,19H,9,11H2,1-6H3. The molecule has 0 heterocycles. The van der Waals surface area contributed by atoms with Crippen molar-refractivity contribution in [2.24, 2.45) is 5.92 Å². The third kappa shape index (κ3) is 6.48. The van der Waals surface area contributed by atoms with Crippen LogP contribution in [-0.2, 0) is 16.1 Å². The first-order valence-corrected chi connectivity index (χ1v) is 8.02. The van der Waals surface area contributed by atoms with Crippen LogP contribution >= 0.6 is 0 Å². The van der Waals surface area contributed by atoms with E-state index in [1.165, 1.54) is 7.11 Å². The molecule has 0 aliphatic heterocycles. The van der Waals surface area contributed by atoms with Crippen LogP contribution in [0.4, 0.5) is 0 Å². The maximum absolute atomic E-state index is 11.8. The summed E-state index contributed by atoms with van der Waals surface area (Å²) in [7, 11) is 3.04. The topological polar surface area (TPSA) is 56.8 Å². The predicted molar refractivity (Wildman–Crippen MR) is 90.9 cm³/mol. The number of ether oxygens (including phenoxy) is 3. The third-order valence-corrected chi connectivity index (χ3v) is 3.34. The lowest BCUT2D eigenvalue weighted by Crippen LogP contribution is -2.38. The van der Waals surface area contributed by atoms with Gasteiger partial charge >= 0.3 is 5.97 Å². The van der Waals surface area contributed by atoms with Crippen molar-refractivity contribution in [3.05, 3.63) is 23.8 Å². The first-order chi connectivity index (χ1) is 10.9.